The van der Waals surface area contributed by atoms with Crippen LogP contribution in [-0.4, -0.2) is 26.9 Å². The van der Waals surface area contributed by atoms with Crippen LogP contribution in [-0.2, 0) is 20.3 Å². The number of hydrogen-bond acceptors (Lipinski definition) is 3. The molecule has 0 amide bonds. The summed E-state index contributed by atoms with van der Waals surface area (Å²) in [5.41, 5.74) is 1.95. The van der Waals surface area contributed by atoms with Crippen LogP contribution in [0.3, 0.4) is 0 Å². The predicted octanol–water partition coefficient (Wildman–Crippen LogP) is 1.31. The number of rotatable bonds is 4. The van der Waals surface area contributed by atoms with E-state index in [-0.39, 0.29) is 17.6 Å². The molecule has 1 atom stereocenters. The fourth-order valence-corrected chi connectivity index (χ4v) is 3.13. The second-order valence-electron chi connectivity index (χ2n) is 4.00. The normalized spacial score (nSPS) is 20.2. The summed E-state index contributed by atoms with van der Waals surface area (Å²) in [7, 11) is -3.01. The second-order valence-corrected chi connectivity index (χ2v) is 6.11. The molecule has 1 saturated heterocycles. The smallest absolute Gasteiger partial charge is 0.157 e. The van der Waals surface area contributed by atoms with Gasteiger partial charge in [-0.15, -0.1) is 0 Å². The molecular formula is C11H14O3S. The lowest BCUT2D eigenvalue weighted by atomic mass is 10.2. The maximum atomic E-state index is 11.7. The third-order valence-corrected chi connectivity index (χ3v) is 3.96. The number of hydrogen-bond donors (Lipinski definition) is 0. The van der Waals surface area contributed by atoms with Gasteiger partial charge in [0.05, 0.1) is 24.2 Å². The third-order valence-electron chi connectivity index (χ3n) is 2.31. The fraction of sp³-hybridized carbons (Fsp3) is 0.455. The van der Waals surface area contributed by atoms with Crippen LogP contribution in [0, 0.1) is 6.92 Å². The van der Waals surface area contributed by atoms with E-state index < -0.39 is 9.84 Å². The molecule has 1 heterocycles. The van der Waals surface area contributed by atoms with Crippen molar-refractivity contribution in [2.45, 2.75) is 18.8 Å². The van der Waals surface area contributed by atoms with Crippen LogP contribution in [0.25, 0.3) is 0 Å². The van der Waals surface area contributed by atoms with Crippen LogP contribution in [0.1, 0.15) is 11.1 Å². The average Bonchev–Trinajstić information content (AvgIpc) is 2.86. The molecule has 3 nitrogen and oxygen atoms in total. The van der Waals surface area contributed by atoms with Crippen molar-refractivity contribution in [1.29, 1.82) is 0 Å². The van der Waals surface area contributed by atoms with Crippen LogP contribution >= 0.6 is 0 Å². The monoisotopic (exact) mass is 226 g/mol. The molecule has 4 heteroatoms. The summed E-state index contributed by atoms with van der Waals surface area (Å²) in [5, 5.41) is 0. The SMILES string of the molecule is Cc1cccc(CS(=O)(=O)CC2CO2)c1. The van der Waals surface area contributed by atoms with Crippen LogP contribution in [0.5, 0.6) is 0 Å². The van der Waals surface area contributed by atoms with E-state index in [0.29, 0.717) is 6.61 Å². The molecule has 1 fully saturated rings. The molecule has 0 radical (unpaired) electrons. The highest BCUT2D eigenvalue weighted by atomic mass is 32.2. The Morgan fingerprint density at radius 1 is 1.47 bits per heavy atom. The molecule has 0 aromatic heterocycles. The summed E-state index contributed by atoms with van der Waals surface area (Å²) in [4.78, 5) is 0. The van der Waals surface area contributed by atoms with Crippen molar-refractivity contribution in [3.63, 3.8) is 0 Å². The van der Waals surface area contributed by atoms with Crippen molar-refractivity contribution in [1.82, 2.24) is 0 Å². The highest BCUT2D eigenvalue weighted by Crippen LogP contribution is 2.15. The Morgan fingerprint density at radius 3 is 2.80 bits per heavy atom. The minimum absolute atomic E-state index is 0.0557. The Labute approximate surface area is 90.0 Å². The maximum Gasteiger partial charge on any atom is 0.157 e. The Kier molecular flexibility index (Phi) is 2.80. The van der Waals surface area contributed by atoms with Gasteiger partial charge in [0, 0.05) is 0 Å². The Balaban J connectivity index is 2.06. The van der Waals surface area contributed by atoms with E-state index in [1.54, 1.807) is 0 Å². The number of sulfone groups is 1. The van der Waals surface area contributed by atoms with Gasteiger partial charge in [-0.2, -0.15) is 0 Å². The topological polar surface area (TPSA) is 46.7 Å². The van der Waals surface area contributed by atoms with Crippen molar-refractivity contribution < 1.29 is 13.2 Å². The summed E-state index contributed by atoms with van der Waals surface area (Å²) in [6, 6.07) is 7.59. The molecule has 0 spiro atoms. The lowest BCUT2D eigenvalue weighted by Gasteiger charge is -2.03. The van der Waals surface area contributed by atoms with E-state index in [2.05, 4.69) is 0 Å². The molecule has 0 saturated carbocycles. The van der Waals surface area contributed by atoms with E-state index >= 15 is 0 Å². The molecule has 2 rings (SSSR count). The van der Waals surface area contributed by atoms with E-state index in [4.69, 9.17) is 4.74 Å². The number of epoxide rings is 1. The Bertz CT molecular complexity index is 447. The number of aryl methyl sites for hydroxylation is 1. The fourth-order valence-electron chi connectivity index (χ4n) is 1.56. The zero-order valence-corrected chi connectivity index (χ0v) is 9.46. The summed E-state index contributed by atoms with van der Waals surface area (Å²) in [6.07, 6.45) is -0.0557. The first-order valence-corrected chi connectivity index (χ1v) is 6.75. The molecule has 1 unspecified atom stereocenters. The highest BCUT2D eigenvalue weighted by molar-refractivity contribution is 7.90. The quantitative estimate of drug-likeness (QED) is 0.727. The van der Waals surface area contributed by atoms with Gasteiger partial charge in [-0.25, -0.2) is 8.42 Å². The number of benzene rings is 1. The summed E-state index contributed by atoms with van der Waals surface area (Å²) >= 11 is 0. The minimum Gasteiger partial charge on any atom is -0.372 e. The first kappa shape index (κ1) is 10.6. The molecule has 15 heavy (non-hydrogen) atoms. The van der Waals surface area contributed by atoms with Crippen LogP contribution in [0.15, 0.2) is 24.3 Å². The van der Waals surface area contributed by atoms with Crippen LogP contribution < -0.4 is 0 Å². The van der Waals surface area contributed by atoms with E-state index in [0.717, 1.165) is 11.1 Å². The Hall–Kier alpha value is -0.870. The maximum absolute atomic E-state index is 11.7. The van der Waals surface area contributed by atoms with Crippen LogP contribution in [0.2, 0.25) is 0 Å². The predicted molar refractivity (Wildman–Crippen MR) is 58.4 cm³/mol. The molecule has 82 valence electrons. The summed E-state index contributed by atoms with van der Waals surface area (Å²) < 4.78 is 28.3. The second kappa shape index (κ2) is 3.94. The highest BCUT2D eigenvalue weighted by Gasteiger charge is 2.29. The lowest BCUT2D eigenvalue weighted by Crippen LogP contribution is -2.13. The molecule has 0 bridgehead atoms. The van der Waals surface area contributed by atoms with Gasteiger partial charge in [0.2, 0.25) is 0 Å². The standard InChI is InChI=1S/C11H14O3S/c1-9-3-2-4-10(5-9)7-15(12,13)8-11-6-14-11/h2-5,11H,6-8H2,1H3. The largest absolute Gasteiger partial charge is 0.372 e. The first-order chi connectivity index (χ1) is 7.05. The van der Waals surface area contributed by atoms with Gasteiger partial charge < -0.3 is 4.74 Å². The molecule has 0 aliphatic carbocycles. The van der Waals surface area contributed by atoms with Gasteiger partial charge in [0.15, 0.2) is 9.84 Å². The number of ether oxygens (including phenoxy) is 1. The van der Waals surface area contributed by atoms with Crippen molar-refractivity contribution in [2.24, 2.45) is 0 Å². The Morgan fingerprint density at radius 2 is 2.20 bits per heavy atom. The van der Waals surface area contributed by atoms with E-state index in [9.17, 15) is 8.42 Å². The third kappa shape index (κ3) is 3.32. The van der Waals surface area contributed by atoms with Crippen LogP contribution in [0.4, 0.5) is 0 Å². The van der Waals surface area contributed by atoms with Gasteiger partial charge in [0.25, 0.3) is 0 Å². The van der Waals surface area contributed by atoms with E-state index in [1.807, 2.05) is 31.2 Å². The van der Waals surface area contributed by atoms with Gasteiger partial charge in [-0.05, 0) is 12.5 Å². The zero-order valence-electron chi connectivity index (χ0n) is 8.64. The first-order valence-electron chi connectivity index (χ1n) is 4.93. The van der Waals surface area contributed by atoms with Crippen molar-refractivity contribution >= 4 is 9.84 Å². The summed E-state index contributed by atoms with van der Waals surface area (Å²) in [6.45, 7) is 2.55. The lowest BCUT2D eigenvalue weighted by molar-refractivity contribution is 0.422. The minimum atomic E-state index is -3.01. The molecule has 1 aliphatic rings. The van der Waals surface area contributed by atoms with Gasteiger partial charge in [-0.3, -0.25) is 0 Å². The molecule has 0 N–H and O–H groups in total. The molecule has 1 aromatic rings. The zero-order chi connectivity index (χ0) is 10.9. The molecule has 1 aromatic carbocycles. The van der Waals surface area contributed by atoms with E-state index in [1.165, 1.54) is 0 Å². The molecule has 1 aliphatic heterocycles. The summed E-state index contributed by atoms with van der Waals surface area (Å²) in [5.74, 6) is 0.273. The van der Waals surface area contributed by atoms with Crippen molar-refractivity contribution in [2.75, 3.05) is 12.4 Å². The van der Waals surface area contributed by atoms with Crippen molar-refractivity contribution in [3.05, 3.63) is 35.4 Å². The van der Waals surface area contributed by atoms with Gasteiger partial charge in [-0.1, -0.05) is 29.8 Å². The van der Waals surface area contributed by atoms with Crippen molar-refractivity contribution in [3.8, 4) is 0 Å². The molecular weight excluding hydrogens is 212 g/mol. The van der Waals surface area contributed by atoms with Gasteiger partial charge >= 0.3 is 0 Å². The van der Waals surface area contributed by atoms with Gasteiger partial charge in [0.1, 0.15) is 0 Å². The average molecular weight is 226 g/mol.